The van der Waals surface area contributed by atoms with Gasteiger partial charge in [0.25, 0.3) is 0 Å². The quantitative estimate of drug-likeness (QED) is 0.226. The van der Waals surface area contributed by atoms with Crippen molar-refractivity contribution in [2.24, 2.45) is 5.92 Å². The number of nitrogen functional groups attached to an aromatic ring is 1. The Morgan fingerprint density at radius 3 is 2.66 bits per heavy atom. The maximum atomic E-state index is 13.6. The molecule has 0 aliphatic carbocycles. The number of likely N-dealkylation sites (tertiary alicyclic amines) is 1. The van der Waals surface area contributed by atoms with Crippen LogP contribution in [0, 0.1) is 23.1 Å². The second kappa shape index (κ2) is 12.9. The maximum absolute atomic E-state index is 13.6. The summed E-state index contributed by atoms with van der Waals surface area (Å²) in [7, 11) is 2.01. The van der Waals surface area contributed by atoms with E-state index in [-0.39, 0.29) is 5.82 Å². The minimum absolute atomic E-state index is 0.190. The van der Waals surface area contributed by atoms with E-state index in [0.717, 1.165) is 73.4 Å². The molecule has 1 aliphatic rings. The molecule has 0 amide bonds. The monoisotopic (exact) mass is 625 g/mol. The van der Waals surface area contributed by atoms with E-state index >= 15 is 0 Å². The zero-order chi connectivity index (χ0) is 32.3. The summed E-state index contributed by atoms with van der Waals surface area (Å²) in [6.45, 7) is 3.81. The van der Waals surface area contributed by atoms with Crippen molar-refractivity contribution < 1.29 is 4.39 Å². The molecule has 6 heterocycles. The summed E-state index contributed by atoms with van der Waals surface area (Å²) in [5.41, 5.74) is 11.3. The largest absolute Gasteiger partial charge is 0.383 e. The molecule has 12 heteroatoms. The summed E-state index contributed by atoms with van der Waals surface area (Å²) in [5, 5.41) is 9.93. The average Bonchev–Trinajstić information content (AvgIpc) is 3.72. The molecule has 6 aromatic rings. The average molecular weight is 626 g/mol. The number of halogens is 1. The number of anilines is 2. The van der Waals surface area contributed by atoms with E-state index < -0.39 is 5.82 Å². The molecule has 1 aliphatic heterocycles. The number of fused-ring (bicyclic) bond motifs is 1. The highest BCUT2D eigenvalue weighted by atomic mass is 19.1. The van der Waals surface area contributed by atoms with E-state index in [4.69, 9.17) is 16.0 Å². The van der Waals surface area contributed by atoms with Crippen molar-refractivity contribution in [3.8, 4) is 34.5 Å². The third-order valence-corrected chi connectivity index (χ3v) is 8.59. The summed E-state index contributed by atoms with van der Waals surface area (Å²) < 4.78 is 15.6. The van der Waals surface area contributed by atoms with Crippen molar-refractivity contribution in [2.45, 2.75) is 19.4 Å². The molecule has 1 atom stereocenters. The van der Waals surface area contributed by atoms with Crippen LogP contribution in [0.25, 0.3) is 39.5 Å². The zero-order valence-corrected chi connectivity index (χ0v) is 25.8. The van der Waals surface area contributed by atoms with Gasteiger partial charge >= 0.3 is 0 Å². The van der Waals surface area contributed by atoms with Gasteiger partial charge < -0.3 is 10.6 Å². The molecule has 7 rings (SSSR count). The second-order valence-corrected chi connectivity index (χ2v) is 11.8. The predicted octanol–water partition coefficient (Wildman–Crippen LogP) is 5.28. The number of pyridine rings is 2. The topological polar surface area (TPSA) is 139 Å². The summed E-state index contributed by atoms with van der Waals surface area (Å²) >= 11 is 0. The molecular formula is C35H32FN11. The number of rotatable bonds is 9. The predicted molar refractivity (Wildman–Crippen MR) is 178 cm³/mol. The number of benzene rings is 1. The van der Waals surface area contributed by atoms with E-state index in [1.807, 2.05) is 37.4 Å². The van der Waals surface area contributed by atoms with Gasteiger partial charge in [0.15, 0.2) is 5.82 Å². The highest BCUT2D eigenvalue weighted by molar-refractivity contribution is 5.89. The molecule has 1 saturated heterocycles. The molecule has 11 nitrogen and oxygen atoms in total. The Hall–Kier alpha value is -5.80. The molecule has 5 aromatic heterocycles. The minimum atomic E-state index is -0.417. The number of hydrogen-bond donors (Lipinski definition) is 1. The molecule has 0 saturated carbocycles. The van der Waals surface area contributed by atoms with E-state index in [9.17, 15) is 4.39 Å². The van der Waals surface area contributed by atoms with Crippen LogP contribution in [0.2, 0.25) is 0 Å². The smallest absolute Gasteiger partial charge is 0.234 e. The van der Waals surface area contributed by atoms with E-state index in [2.05, 4.69) is 63.6 Å². The molecule has 1 fully saturated rings. The van der Waals surface area contributed by atoms with Crippen LogP contribution >= 0.6 is 0 Å². The maximum Gasteiger partial charge on any atom is 0.234 e. The first-order chi connectivity index (χ1) is 22.9. The molecule has 47 heavy (non-hydrogen) atoms. The minimum Gasteiger partial charge on any atom is -0.383 e. The fraction of sp³-hybridized carbons (Fsp3) is 0.229. The van der Waals surface area contributed by atoms with Gasteiger partial charge in [0.2, 0.25) is 5.82 Å². The summed E-state index contributed by atoms with van der Waals surface area (Å²) in [5.74, 6) is 1.95. The lowest BCUT2D eigenvalue weighted by atomic mass is 10.0. The third kappa shape index (κ3) is 6.34. The molecule has 1 aromatic carbocycles. The Bertz CT molecular complexity index is 2070. The van der Waals surface area contributed by atoms with E-state index in [1.54, 1.807) is 24.7 Å². The van der Waals surface area contributed by atoms with Crippen LogP contribution in [0.4, 0.5) is 16.0 Å². The zero-order valence-electron chi connectivity index (χ0n) is 25.8. The van der Waals surface area contributed by atoms with Gasteiger partial charge in [-0.2, -0.15) is 5.26 Å². The van der Waals surface area contributed by atoms with Gasteiger partial charge in [-0.25, -0.2) is 34.3 Å². The van der Waals surface area contributed by atoms with E-state index in [0.29, 0.717) is 28.9 Å². The van der Waals surface area contributed by atoms with Crippen molar-refractivity contribution in [2.75, 3.05) is 37.3 Å². The van der Waals surface area contributed by atoms with Gasteiger partial charge in [0.1, 0.15) is 34.9 Å². The summed E-state index contributed by atoms with van der Waals surface area (Å²) in [4.78, 5) is 30.7. The van der Waals surface area contributed by atoms with Crippen LogP contribution in [-0.4, -0.2) is 66.1 Å². The van der Waals surface area contributed by atoms with Crippen LogP contribution in [0.1, 0.15) is 24.2 Å². The summed E-state index contributed by atoms with van der Waals surface area (Å²) in [6.07, 6.45) is 8.41. The Kier molecular flexibility index (Phi) is 8.20. The van der Waals surface area contributed by atoms with Crippen LogP contribution in [0.3, 0.4) is 0 Å². The molecule has 1 unspecified atom stereocenters. The lowest BCUT2D eigenvalue weighted by Gasteiger charge is -2.21. The van der Waals surface area contributed by atoms with Crippen LogP contribution in [-0.2, 0) is 6.54 Å². The normalized spacial score (nSPS) is 14.8. The number of nitrogens with zero attached hydrogens (tertiary/aromatic N) is 10. The van der Waals surface area contributed by atoms with Gasteiger partial charge in [0.05, 0.1) is 11.9 Å². The van der Waals surface area contributed by atoms with Gasteiger partial charge in [-0.05, 0) is 79.4 Å². The molecule has 2 N–H and O–H groups in total. The van der Waals surface area contributed by atoms with Gasteiger partial charge in [-0.15, -0.1) is 0 Å². The lowest BCUT2D eigenvalue weighted by Crippen LogP contribution is -2.24. The van der Waals surface area contributed by atoms with Gasteiger partial charge in [-0.1, -0.05) is 12.1 Å². The number of nitrogens with two attached hydrogens (primary N) is 1. The molecular weight excluding hydrogens is 593 g/mol. The first kappa shape index (κ1) is 29.9. The van der Waals surface area contributed by atoms with Crippen molar-refractivity contribution >= 4 is 22.7 Å². The first-order valence-electron chi connectivity index (χ1n) is 15.4. The third-order valence-electron chi connectivity index (χ3n) is 8.59. The van der Waals surface area contributed by atoms with Crippen molar-refractivity contribution in [1.82, 2.24) is 39.4 Å². The Balaban J connectivity index is 1.09. The Morgan fingerprint density at radius 1 is 1.00 bits per heavy atom. The Morgan fingerprint density at radius 2 is 1.87 bits per heavy atom. The number of aromatic nitrogens is 7. The second-order valence-electron chi connectivity index (χ2n) is 11.8. The van der Waals surface area contributed by atoms with Crippen LogP contribution in [0.5, 0.6) is 0 Å². The van der Waals surface area contributed by atoms with Gasteiger partial charge in [-0.3, -0.25) is 9.47 Å². The molecule has 234 valence electrons. The highest BCUT2D eigenvalue weighted by Gasteiger charge is 2.23. The van der Waals surface area contributed by atoms with Gasteiger partial charge in [0, 0.05) is 61.9 Å². The van der Waals surface area contributed by atoms with E-state index in [1.165, 1.54) is 11.6 Å². The Labute approximate surface area is 271 Å². The lowest BCUT2D eigenvalue weighted by molar-refractivity contribution is 0.314. The highest BCUT2D eigenvalue weighted by Crippen LogP contribution is 2.34. The molecule has 0 spiro atoms. The number of hydrogen-bond acceptors (Lipinski definition) is 10. The van der Waals surface area contributed by atoms with Crippen LogP contribution < -0.4 is 10.6 Å². The van der Waals surface area contributed by atoms with Crippen molar-refractivity contribution in [1.29, 1.82) is 5.26 Å². The van der Waals surface area contributed by atoms with Crippen molar-refractivity contribution in [3.63, 3.8) is 0 Å². The number of nitriles is 1. The fourth-order valence-corrected chi connectivity index (χ4v) is 6.12. The van der Waals surface area contributed by atoms with Crippen LogP contribution in [0.15, 0.2) is 85.5 Å². The molecule has 0 bridgehead atoms. The summed E-state index contributed by atoms with van der Waals surface area (Å²) in [6, 6.07) is 21.1. The van der Waals surface area contributed by atoms with Crippen molar-refractivity contribution in [3.05, 3.63) is 103 Å². The fourth-order valence-electron chi connectivity index (χ4n) is 6.12. The first-order valence-corrected chi connectivity index (χ1v) is 15.4. The standard InChI is InChI=1S/C35H32FN11/c1-45(32-10-14-39-31(18-37)43-32)15-11-24-12-16-46(22-24)21-23-4-7-27(8-5-23)47-30(28-3-2-13-40-33(28)38)17-25-19-42-34(44-35(25)47)29-9-6-26(36)20-41-29/h2-10,13-14,17,19-20,24H,11-12,15-16,21-22H2,1H3,(H2,38,40). The molecule has 0 radical (unpaired) electrons. The SMILES string of the molecule is CN(CCC1CCN(Cc2ccc(-n3c(-c4cccnc4N)cc4cnc(-c5ccc(F)cn5)nc43)cc2)C1)c1ccnc(C#N)n1.